The molecule has 1 aliphatic carbocycles. The number of benzene rings is 2. The number of nitrogens with zero attached hydrogens (tertiary/aromatic N) is 3. The van der Waals surface area contributed by atoms with Crippen LogP contribution >= 0.6 is 11.3 Å². The minimum Gasteiger partial charge on any atom is -0.328 e. The van der Waals surface area contributed by atoms with Crippen molar-refractivity contribution in [2.24, 2.45) is 0 Å². The lowest BCUT2D eigenvalue weighted by molar-refractivity contribution is -0.116. The molecule has 1 N–H and O–H groups in total. The van der Waals surface area contributed by atoms with Crippen molar-refractivity contribution in [2.45, 2.75) is 24.8 Å². The number of fused-ring (bicyclic) bond motifs is 1. The summed E-state index contributed by atoms with van der Waals surface area (Å²) in [6.07, 6.45) is 2.89. The largest absolute Gasteiger partial charge is 0.328 e. The Morgan fingerprint density at radius 3 is 2.52 bits per heavy atom. The van der Waals surface area contributed by atoms with Crippen molar-refractivity contribution in [3.05, 3.63) is 100 Å². The summed E-state index contributed by atoms with van der Waals surface area (Å²) in [7, 11) is 0. The number of anilines is 1. The van der Waals surface area contributed by atoms with Gasteiger partial charge < -0.3 is 5.32 Å². The summed E-state index contributed by atoms with van der Waals surface area (Å²) in [6, 6.07) is 22.7. The van der Waals surface area contributed by atoms with E-state index < -0.39 is 0 Å². The van der Waals surface area contributed by atoms with E-state index in [0.29, 0.717) is 12.4 Å². The topological polar surface area (TPSA) is 59.8 Å². The van der Waals surface area contributed by atoms with Crippen LogP contribution in [0.4, 0.5) is 5.95 Å². The Hall–Kier alpha value is -3.51. The fraction of sp³-hybridized carbons (Fsp3) is 0.160. The van der Waals surface area contributed by atoms with Crippen molar-refractivity contribution in [3.8, 4) is 11.1 Å². The Labute approximate surface area is 184 Å². The minimum absolute atomic E-state index is 0.186. The van der Waals surface area contributed by atoms with Crippen molar-refractivity contribution < 1.29 is 4.79 Å². The molecule has 0 spiro atoms. The van der Waals surface area contributed by atoms with Gasteiger partial charge in [0, 0.05) is 28.5 Å². The Balaban J connectivity index is 1.41. The van der Waals surface area contributed by atoms with E-state index in [-0.39, 0.29) is 17.7 Å². The van der Waals surface area contributed by atoms with Gasteiger partial charge in [0.2, 0.25) is 5.95 Å². The normalized spacial score (nSPS) is 20.2. The standard InChI is InChI=1S/C25H20N4OS/c30-21-14-19(22-7-4-12-31-22)13-20-23(21)24(29-25(28-20)26-15-27-29)18-10-8-17(9-11-18)16-5-2-1-3-6-16/h1-12,15,19,24H,13-14H2,(H,26,27,28). The van der Waals surface area contributed by atoms with Crippen LogP contribution in [0.25, 0.3) is 11.1 Å². The van der Waals surface area contributed by atoms with Gasteiger partial charge in [0.1, 0.15) is 12.4 Å². The maximum absolute atomic E-state index is 13.4. The molecule has 4 aromatic rings. The molecule has 0 saturated heterocycles. The number of Topliss-reactive ketones (excluding diaryl/α,β-unsaturated/α-hetero) is 1. The molecular weight excluding hydrogens is 404 g/mol. The van der Waals surface area contributed by atoms with Gasteiger partial charge in [-0.1, -0.05) is 60.7 Å². The lowest BCUT2D eigenvalue weighted by Gasteiger charge is -2.34. The number of hydrogen-bond acceptors (Lipinski definition) is 5. The lowest BCUT2D eigenvalue weighted by atomic mass is 9.80. The predicted molar refractivity (Wildman–Crippen MR) is 122 cm³/mol. The van der Waals surface area contributed by atoms with E-state index in [1.165, 1.54) is 10.4 Å². The van der Waals surface area contributed by atoms with Gasteiger partial charge in [-0.2, -0.15) is 10.1 Å². The fourth-order valence-electron chi connectivity index (χ4n) is 4.67. The SMILES string of the molecule is O=C1CC(c2cccs2)CC2=C1C(c1ccc(-c3ccccc3)cc1)n1ncnc1N2. The number of nitrogens with one attached hydrogen (secondary N) is 1. The van der Waals surface area contributed by atoms with Gasteiger partial charge in [0.15, 0.2) is 5.78 Å². The molecule has 6 rings (SSSR count). The molecule has 2 aromatic heterocycles. The molecule has 1 aliphatic heterocycles. The Bertz CT molecular complexity index is 1270. The van der Waals surface area contributed by atoms with Crippen LogP contribution in [0.3, 0.4) is 0 Å². The molecule has 2 unspecified atom stereocenters. The van der Waals surface area contributed by atoms with Crippen molar-refractivity contribution in [2.75, 3.05) is 5.32 Å². The molecule has 0 amide bonds. The molecule has 6 heteroatoms. The molecule has 2 atom stereocenters. The van der Waals surface area contributed by atoms with E-state index >= 15 is 0 Å². The number of carbonyl (C=O) groups is 1. The number of thiophene rings is 1. The summed E-state index contributed by atoms with van der Waals surface area (Å²) in [5, 5.41) is 9.91. The highest BCUT2D eigenvalue weighted by Gasteiger charge is 2.39. The van der Waals surface area contributed by atoms with Crippen molar-refractivity contribution in [1.29, 1.82) is 0 Å². The minimum atomic E-state index is -0.254. The quantitative estimate of drug-likeness (QED) is 0.477. The third kappa shape index (κ3) is 3.11. The number of carbonyl (C=O) groups excluding carboxylic acids is 1. The zero-order chi connectivity index (χ0) is 20.8. The number of ketones is 1. The van der Waals surface area contributed by atoms with Gasteiger partial charge in [-0.3, -0.25) is 4.79 Å². The molecule has 5 nitrogen and oxygen atoms in total. The molecule has 0 bridgehead atoms. The van der Waals surface area contributed by atoms with E-state index in [1.54, 1.807) is 17.7 Å². The third-order valence-electron chi connectivity index (χ3n) is 6.14. The molecule has 2 aliphatic rings. The number of aromatic nitrogens is 3. The summed E-state index contributed by atoms with van der Waals surface area (Å²) in [5.74, 6) is 1.09. The first-order valence-corrected chi connectivity index (χ1v) is 11.3. The highest BCUT2D eigenvalue weighted by Crippen LogP contribution is 2.44. The first kappa shape index (κ1) is 18.3. The van der Waals surface area contributed by atoms with Gasteiger partial charge in [-0.05, 0) is 34.6 Å². The van der Waals surface area contributed by atoms with Crippen LogP contribution < -0.4 is 5.32 Å². The number of allylic oxidation sites excluding steroid dienone is 2. The summed E-state index contributed by atoms with van der Waals surface area (Å²) >= 11 is 1.72. The first-order valence-electron chi connectivity index (χ1n) is 10.4. The summed E-state index contributed by atoms with van der Waals surface area (Å²) in [5.41, 5.74) is 5.17. The van der Waals surface area contributed by atoms with Gasteiger partial charge >= 0.3 is 0 Å². The molecule has 0 radical (unpaired) electrons. The summed E-state index contributed by atoms with van der Waals surface area (Å²) in [4.78, 5) is 19.0. The van der Waals surface area contributed by atoms with Crippen LogP contribution in [-0.2, 0) is 4.79 Å². The van der Waals surface area contributed by atoms with E-state index in [0.717, 1.165) is 28.8 Å². The fourth-order valence-corrected chi connectivity index (χ4v) is 5.50. The average molecular weight is 425 g/mol. The lowest BCUT2D eigenvalue weighted by Crippen LogP contribution is -2.33. The van der Waals surface area contributed by atoms with Gasteiger partial charge in [0.05, 0.1) is 0 Å². The van der Waals surface area contributed by atoms with Crippen LogP contribution in [0.1, 0.15) is 35.2 Å². The molecular formula is C25H20N4OS. The van der Waals surface area contributed by atoms with Crippen LogP contribution in [0.2, 0.25) is 0 Å². The Kier molecular flexibility index (Phi) is 4.32. The van der Waals surface area contributed by atoms with Crippen LogP contribution in [0.5, 0.6) is 0 Å². The van der Waals surface area contributed by atoms with Crippen molar-refractivity contribution in [3.63, 3.8) is 0 Å². The second-order valence-electron chi connectivity index (χ2n) is 7.98. The van der Waals surface area contributed by atoms with Crippen LogP contribution in [0, 0.1) is 0 Å². The second-order valence-corrected chi connectivity index (χ2v) is 8.96. The van der Waals surface area contributed by atoms with Crippen LogP contribution in [-0.4, -0.2) is 20.5 Å². The molecule has 31 heavy (non-hydrogen) atoms. The van der Waals surface area contributed by atoms with Crippen molar-refractivity contribution >= 4 is 23.1 Å². The molecule has 2 aromatic carbocycles. The Morgan fingerprint density at radius 1 is 0.935 bits per heavy atom. The third-order valence-corrected chi connectivity index (χ3v) is 7.18. The van der Waals surface area contributed by atoms with Crippen molar-refractivity contribution in [1.82, 2.24) is 14.8 Å². The average Bonchev–Trinajstić information content (AvgIpc) is 3.50. The number of hydrogen-bond donors (Lipinski definition) is 1. The molecule has 3 heterocycles. The highest BCUT2D eigenvalue weighted by atomic mass is 32.1. The zero-order valence-electron chi connectivity index (χ0n) is 16.7. The Morgan fingerprint density at radius 2 is 1.74 bits per heavy atom. The predicted octanol–water partition coefficient (Wildman–Crippen LogP) is 5.42. The van der Waals surface area contributed by atoms with Gasteiger partial charge in [-0.15, -0.1) is 11.3 Å². The van der Waals surface area contributed by atoms with Gasteiger partial charge in [0.25, 0.3) is 0 Å². The van der Waals surface area contributed by atoms with Gasteiger partial charge in [-0.25, -0.2) is 4.68 Å². The second kappa shape index (κ2) is 7.32. The zero-order valence-corrected chi connectivity index (χ0v) is 17.5. The maximum atomic E-state index is 13.4. The van der Waals surface area contributed by atoms with E-state index in [2.05, 4.69) is 69.3 Å². The van der Waals surface area contributed by atoms with E-state index in [1.807, 2.05) is 22.9 Å². The highest BCUT2D eigenvalue weighted by molar-refractivity contribution is 7.10. The summed E-state index contributed by atoms with van der Waals surface area (Å²) in [6.45, 7) is 0. The molecule has 152 valence electrons. The summed E-state index contributed by atoms with van der Waals surface area (Å²) < 4.78 is 1.83. The number of rotatable bonds is 3. The van der Waals surface area contributed by atoms with E-state index in [9.17, 15) is 4.79 Å². The smallest absolute Gasteiger partial charge is 0.226 e. The molecule has 0 fully saturated rings. The van der Waals surface area contributed by atoms with Crippen LogP contribution in [0.15, 0.2) is 89.7 Å². The van der Waals surface area contributed by atoms with E-state index in [4.69, 9.17) is 0 Å². The maximum Gasteiger partial charge on any atom is 0.226 e. The first-order chi connectivity index (χ1) is 15.3. The molecule has 0 saturated carbocycles. The monoisotopic (exact) mass is 424 g/mol.